The molecule has 8 heteroatoms. The summed E-state index contributed by atoms with van der Waals surface area (Å²) in [6, 6.07) is 2.86. The molecule has 0 aliphatic carbocycles. The van der Waals surface area contributed by atoms with Gasteiger partial charge in [-0.2, -0.15) is 0 Å². The lowest BCUT2D eigenvalue weighted by molar-refractivity contribution is -0.0589. The minimum atomic E-state index is -3.15. The number of hydrogen-bond donors (Lipinski definition) is 0. The molecule has 1 atom stereocenters. The predicted octanol–water partition coefficient (Wildman–Crippen LogP) is 2.60. The first-order valence-electron chi connectivity index (χ1n) is 9.32. The van der Waals surface area contributed by atoms with Crippen molar-refractivity contribution in [3.8, 4) is 5.88 Å². The van der Waals surface area contributed by atoms with Gasteiger partial charge in [0.05, 0.1) is 18.0 Å². The highest BCUT2D eigenvalue weighted by Gasteiger charge is 2.47. The average Bonchev–Trinajstić information content (AvgIpc) is 2.99. The molecule has 1 spiro atoms. The highest BCUT2D eigenvalue weighted by Crippen LogP contribution is 2.42. The van der Waals surface area contributed by atoms with Gasteiger partial charge in [-0.1, -0.05) is 6.92 Å². The lowest BCUT2D eigenvalue weighted by atomic mass is 9.78. The molecule has 1 aromatic rings. The molecule has 0 saturated carbocycles. The van der Waals surface area contributed by atoms with Crippen LogP contribution in [0.15, 0.2) is 18.3 Å². The van der Waals surface area contributed by atoms with Crippen LogP contribution in [0.25, 0.3) is 0 Å². The van der Waals surface area contributed by atoms with Crippen molar-refractivity contribution in [2.45, 2.75) is 44.6 Å². The van der Waals surface area contributed by atoms with Crippen molar-refractivity contribution < 1.29 is 22.3 Å². The van der Waals surface area contributed by atoms with Gasteiger partial charge in [0.2, 0.25) is 15.9 Å². The van der Waals surface area contributed by atoms with Crippen LogP contribution in [-0.4, -0.2) is 55.4 Å². The van der Waals surface area contributed by atoms with E-state index in [4.69, 9.17) is 9.47 Å². The zero-order valence-corrected chi connectivity index (χ0v) is 16.0. The number of pyridine rings is 1. The van der Waals surface area contributed by atoms with E-state index < -0.39 is 15.8 Å². The molecule has 0 radical (unpaired) electrons. The Morgan fingerprint density at radius 1 is 1.42 bits per heavy atom. The Bertz CT molecular complexity index is 705. The van der Waals surface area contributed by atoms with Crippen LogP contribution in [0, 0.1) is 11.7 Å². The van der Waals surface area contributed by atoms with Gasteiger partial charge < -0.3 is 9.47 Å². The van der Waals surface area contributed by atoms with E-state index in [2.05, 4.69) is 4.98 Å². The van der Waals surface area contributed by atoms with Crippen molar-refractivity contribution >= 4 is 10.0 Å². The fourth-order valence-electron chi connectivity index (χ4n) is 4.05. The second-order valence-electron chi connectivity index (χ2n) is 7.04. The molecule has 26 heavy (non-hydrogen) atoms. The summed E-state index contributed by atoms with van der Waals surface area (Å²) >= 11 is 0. The quantitative estimate of drug-likeness (QED) is 0.720. The van der Waals surface area contributed by atoms with Gasteiger partial charge in [0.1, 0.15) is 0 Å². The predicted molar refractivity (Wildman–Crippen MR) is 96.0 cm³/mol. The Balaban J connectivity index is 1.54. The maximum atomic E-state index is 13.6. The molecule has 3 heterocycles. The first-order chi connectivity index (χ1) is 12.5. The van der Waals surface area contributed by atoms with E-state index in [0.717, 1.165) is 12.8 Å². The third-order valence-corrected chi connectivity index (χ3v) is 7.53. The Morgan fingerprint density at radius 2 is 2.19 bits per heavy atom. The molecule has 0 unspecified atom stereocenters. The monoisotopic (exact) mass is 386 g/mol. The SMILES string of the molecule is CCCS(=O)(=O)N1CCC2(CC1)OCC[C@@H]2CCOc1ncccc1F. The minimum absolute atomic E-state index is 0.0287. The van der Waals surface area contributed by atoms with E-state index in [0.29, 0.717) is 51.5 Å². The van der Waals surface area contributed by atoms with Crippen molar-refractivity contribution in [2.75, 3.05) is 32.1 Å². The third kappa shape index (κ3) is 4.18. The molecule has 0 N–H and O–H groups in total. The van der Waals surface area contributed by atoms with Gasteiger partial charge in [0.15, 0.2) is 5.82 Å². The number of sulfonamides is 1. The van der Waals surface area contributed by atoms with Gasteiger partial charge in [-0.25, -0.2) is 22.1 Å². The first-order valence-corrected chi connectivity index (χ1v) is 10.9. The summed E-state index contributed by atoms with van der Waals surface area (Å²) in [5.74, 6) is 0.0684. The largest absolute Gasteiger partial charge is 0.476 e. The molecule has 146 valence electrons. The van der Waals surface area contributed by atoms with Crippen molar-refractivity contribution in [3.05, 3.63) is 24.1 Å². The summed E-state index contributed by atoms with van der Waals surface area (Å²) in [6.07, 6.45) is 5.22. The maximum Gasteiger partial charge on any atom is 0.250 e. The first kappa shape index (κ1) is 19.5. The van der Waals surface area contributed by atoms with E-state index in [1.807, 2.05) is 6.92 Å². The zero-order valence-electron chi connectivity index (χ0n) is 15.2. The van der Waals surface area contributed by atoms with E-state index in [1.54, 1.807) is 4.31 Å². The molecule has 0 amide bonds. The van der Waals surface area contributed by atoms with Crippen molar-refractivity contribution in [2.24, 2.45) is 5.92 Å². The van der Waals surface area contributed by atoms with Crippen LogP contribution in [0.1, 0.15) is 39.0 Å². The van der Waals surface area contributed by atoms with Crippen LogP contribution < -0.4 is 4.74 Å². The van der Waals surface area contributed by atoms with Gasteiger partial charge in [-0.3, -0.25) is 0 Å². The fraction of sp³-hybridized carbons (Fsp3) is 0.722. The van der Waals surface area contributed by atoms with E-state index >= 15 is 0 Å². The normalized spacial score (nSPS) is 23.4. The van der Waals surface area contributed by atoms with E-state index in [1.165, 1.54) is 18.3 Å². The van der Waals surface area contributed by atoms with Crippen molar-refractivity contribution in [1.29, 1.82) is 0 Å². The smallest absolute Gasteiger partial charge is 0.250 e. The van der Waals surface area contributed by atoms with Crippen LogP contribution in [0.4, 0.5) is 4.39 Å². The summed E-state index contributed by atoms with van der Waals surface area (Å²) in [7, 11) is -3.15. The second kappa shape index (κ2) is 8.19. The van der Waals surface area contributed by atoms with Crippen LogP contribution in [0.3, 0.4) is 0 Å². The maximum absolute atomic E-state index is 13.6. The number of hydrogen-bond acceptors (Lipinski definition) is 5. The van der Waals surface area contributed by atoms with Gasteiger partial charge in [0.25, 0.3) is 0 Å². The van der Waals surface area contributed by atoms with E-state index in [9.17, 15) is 12.8 Å². The van der Waals surface area contributed by atoms with Gasteiger partial charge in [-0.05, 0) is 50.2 Å². The molecule has 6 nitrogen and oxygen atoms in total. The molecular weight excluding hydrogens is 359 g/mol. The highest BCUT2D eigenvalue weighted by atomic mass is 32.2. The van der Waals surface area contributed by atoms with Crippen molar-refractivity contribution in [3.63, 3.8) is 0 Å². The van der Waals surface area contributed by atoms with Gasteiger partial charge >= 0.3 is 0 Å². The summed E-state index contributed by atoms with van der Waals surface area (Å²) in [5, 5.41) is 0. The molecular formula is C18H27FN2O4S. The number of rotatable bonds is 7. The Kier molecular flexibility index (Phi) is 6.14. The molecule has 0 aromatic carbocycles. The van der Waals surface area contributed by atoms with Gasteiger partial charge in [0, 0.05) is 25.9 Å². The average molecular weight is 386 g/mol. The third-order valence-electron chi connectivity index (χ3n) is 5.45. The molecule has 0 bridgehead atoms. The Labute approximate surface area is 154 Å². The number of nitrogens with zero attached hydrogens (tertiary/aromatic N) is 2. The number of piperidine rings is 1. The lowest BCUT2D eigenvalue weighted by Crippen LogP contribution is -2.50. The topological polar surface area (TPSA) is 68.7 Å². The summed E-state index contributed by atoms with van der Waals surface area (Å²) in [5.41, 5.74) is -0.274. The molecule has 3 rings (SSSR count). The van der Waals surface area contributed by atoms with E-state index in [-0.39, 0.29) is 17.2 Å². The van der Waals surface area contributed by atoms with Crippen LogP contribution in [-0.2, 0) is 14.8 Å². The fourth-order valence-corrected chi connectivity index (χ4v) is 5.56. The summed E-state index contributed by atoms with van der Waals surface area (Å²) < 4.78 is 51.3. The molecule has 2 aliphatic heterocycles. The van der Waals surface area contributed by atoms with Crippen LogP contribution >= 0.6 is 0 Å². The second-order valence-corrected chi connectivity index (χ2v) is 9.13. The van der Waals surface area contributed by atoms with Crippen LogP contribution in [0.5, 0.6) is 5.88 Å². The van der Waals surface area contributed by atoms with Crippen LogP contribution in [0.2, 0.25) is 0 Å². The standard InChI is InChI=1S/C18H27FN2O4S/c1-2-14-26(22,23)21-10-7-18(8-11-21)15(6-13-25-18)5-12-24-17-16(19)4-3-9-20-17/h3-4,9,15H,2,5-8,10-14H2,1H3/t15-/m0/s1. The Hall–Kier alpha value is -1.25. The van der Waals surface area contributed by atoms with Gasteiger partial charge in [-0.15, -0.1) is 0 Å². The Morgan fingerprint density at radius 3 is 2.88 bits per heavy atom. The number of halogens is 1. The molecule has 2 saturated heterocycles. The lowest BCUT2D eigenvalue weighted by Gasteiger charge is -2.41. The highest BCUT2D eigenvalue weighted by molar-refractivity contribution is 7.89. The summed E-state index contributed by atoms with van der Waals surface area (Å²) in [6.45, 7) is 3.96. The zero-order chi connectivity index (χ0) is 18.6. The molecule has 2 aliphatic rings. The summed E-state index contributed by atoms with van der Waals surface area (Å²) in [4.78, 5) is 3.90. The number of aromatic nitrogens is 1. The minimum Gasteiger partial charge on any atom is -0.476 e. The number of ether oxygens (including phenoxy) is 2. The molecule has 2 fully saturated rings. The molecule has 1 aromatic heterocycles. The van der Waals surface area contributed by atoms with Crippen molar-refractivity contribution in [1.82, 2.24) is 9.29 Å².